The van der Waals surface area contributed by atoms with Gasteiger partial charge in [0.15, 0.2) is 0 Å². The Labute approximate surface area is 108 Å². The maximum atomic E-state index is 12.1. The van der Waals surface area contributed by atoms with E-state index >= 15 is 0 Å². The molecule has 0 aliphatic rings. The van der Waals surface area contributed by atoms with Crippen molar-refractivity contribution in [3.05, 3.63) is 0 Å². The van der Waals surface area contributed by atoms with E-state index in [1.165, 1.54) is 0 Å². The van der Waals surface area contributed by atoms with E-state index in [4.69, 9.17) is 26.4 Å². The topological polar surface area (TPSA) is 67.8 Å². The van der Waals surface area contributed by atoms with Crippen molar-refractivity contribution in [1.29, 1.82) is 0 Å². The van der Waals surface area contributed by atoms with Crippen molar-refractivity contribution < 1.29 is 18.7 Å². The van der Waals surface area contributed by atoms with Gasteiger partial charge in [0.25, 0.3) is 0 Å². The molecule has 7 heteroatoms. The highest BCUT2D eigenvalue weighted by Gasteiger charge is 2.26. The van der Waals surface area contributed by atoms with Crippen molar-refractivity contribution in [3.8, 4) is 0 Å². The highest BCUT2D eigenvalue weighted by Crippen LogP contribution is 2.47. The maximum Gasteiger partial charge on any atom is 0.337 e. The SMILES string of the molecule is CCOP(=O)(CC(=S)NC(CC)CO)OCC. The van der Waals surface area contributed by atoms with Crippen molar-refractivity contribution in [2.24, 2.45) is 0 Å². The Balaban J connectivity index is 4.35. The summed E-state index contributed by atoms with van der Waals surface area (Å²) in [5.41, 5.74) is 0. The van der Waals surface area contributed by atoms with Crippen LogP contribution in [-0.2, 0) is 13.6 Å². The van der Waals surface area contributed by atoms with Crippen molar-refractivity contribution in [3.63, 3.8) is 0 Å². The lowest BCUT2D eigenvalue weighted by Gasteiger charge is -2.20. The van der Waals surface area contributed by atoms with Gasteiger partial charge in [-0.2, -0.15) is 0 Å². The lowest BCUT2D eigenvalue weighted by Crippen LogP contribution is -2.37. The lowest BCUT2D eigenvalue weighted by molar-refractivity contribution is 0.222. The summed E-state index contributed by atoms with van der Waals surface area (Å²) in [5.74, 6) is 0. The van der Waals surface area contributed by atoms with Gasteiger partial charge >= 0.3 is 7.60 Å². The summed E-state index contributed by atoms with van der Waals surface area (Å²) >= 11 is 5.08. The average Bonchev–Trinajstić information content (AvgIpc) is 2.26. The van der Waals surface area contributed by atoms with E-state index < -0.39 is 7.60 Å². The second-order valence-corrected chi connectivity index (χ2v) is 6.01. The molecular weight excluding hydrogens is 261 g/mol. The summed E-state index contributed by atoms with van der Waals surface area (Å²) in [7, 11) is -3.14. The number of thiocarbonyl (C=S) groups is 1. The fourth-order valence-electron chi connectivity index (χ4n) is 1.25. The lowest BCUT2D eigenvalue weighted by atomic mass is 10.2. The molecule has 1 unspecified atom stereocenters. The fourth-order valence-corrected chi connectivity index (χ4v) is 3.38. The van der Waals surface area contributed by atoms with Crippen LogP contribution in [0.5, 0.6) is 0 Å². The van der Waals surface area contributed by atoms with E-state index in [9.17, 15) is 4.57 Å². The standard InChI is InChI=1S/C10H22NO4PS/c1-4-9(7-12)11-10(17)8-16(13,14-5-2)15-6-3/h9,12H,4-8H2,1-3H3,(H,11,17). The first kappa shape index (κ1) is 17.0. The van der Waals surface area contributed by atoms with Crippen LogP contribution in [0.3, 0.4) is 0 Å². The molecule has 0 bridgehead atoms. The first-order chi connectivity index (χ1) is 8.01. The third kappa shape index (κ3) is 7.11. The van der Waals surface area contributed by atoms with Crippen molar-refractivity contribution in [2.45, 2.75) is 33.2 Å². The molecule has 0 aromatic carbocycles. The number of nitrogens with one attached hydrogen (secondary N) is 1. The van der Waals surface area contributed by atoms with Crippen molar-refractivity contribution in [2.75, 3.05) is 26.0 Å². The van der Waals surface area contributed by atoms with E-state index in [0.29, 0.717) is 18.2 Å². The molecule has 0 saturated carbocycles. The Morgan fingerprint density at radius 2 is 1.88 bits per heavy atom. The highest BCUT2D eigenvalue weighted by atomic mass is 32.1. The Morgan fingerprint density at radius 3 is 2.24 bits per heavy atom. The summed E-state index contributed by atoms with van der Waals surface area (Å²) in [6, 6.07) is -0.112. The first-order valence-electron chi connectivity index (χ1n) is 5.79. The molecule has 0 saturated heterocycles. The number of rotatable bonds is 9. The zero-order valence-electron chi connectivity index (χ0n) is 10.6. The molecule has 0 spiro atoms. The predicted molar refractivity (Wildman–Crippen MR) is 72.6 cm³/mol. The summed E-state index contributed by atoms with van der Waals surface area (Å²) in [4.78, 5) is 0.399. The quantitative estimate of drug-likeness (QED) is 0.498. The summed E-state index contributed by atoms with van der Waals surface area (Å²) in [5, 5.41) is 12.0. The van der Waals surface area contributed by atoms with Gasteiger partial charge in [0.05, 0.1) is 24.8 Å². The smallest absolute Gasteiger partial charge is 0.337 e. The van der Waals surface area contributed by atoms with Crippen LogP contribution in [0.2, 0.25) is 0 Å². The molecule has 0 amide bonds. The van der Waals surface area contributed by atoms with Crippen LogP contribution >= 0.6 is 19.8 Å². The fraction of sp³-hybridized carbons (Fsp3) is 0.900. The maximum absolute atomic E-state index is 12.1. The molecule has 0 aliphatic heterocycles. The van der Waals surface area contributed by atoms with Crippen LogP contribution in [-0.4, -0.2) is 42.1 Å². The minimum Gasteiger partial charge on any atom is -0.394 e. The molecule has 1 atom stereocenters. The van der Waals surface area contributed by atoms with Crippen molar-refractivity contribution in [1.82, 2.24) is 5.32 Å². The Morgan fingerprint density at radius 1 is 1.35 bits per heavy atom. The molecule has 0 aromatic heterocycles. The minimum atomic E-state index is -3.14. The van der Waals surface area contributed by atoms with Crippen molar-refractivity contribution >= 4 is 24.8 Å². The van der Waals surface area contributed by atoms with E-state index in [1.54, 1.807) is 13.8 Å². The van der Waals surface area contributed by atoms with Gasteiger partial charge in [0, 0.05) is 6.04 Å². The zero-order valence-corrected chi connectivity index (χ0v) is 12.4. The molecule has 17 heavy (non-hydrogen) atoms. The van der Waals surface area contributed by atoms with E-state index in [1.807, 2.05) is 6.92 Å². The van der Waals surface area contributed by atoms with E-state index in [2.05, 4.69) is 5.32 Å². The van der Waals surface area contributed by atoms with Gasteiger partial charge in [0.2, 0.25) is 0 Å². The van der Waals surface area contributed by atoms with Gasteiger partial charge in [-0.15, -0.1) is 0 Å². The number of hydrogen-bond acceptors (Lipinski definition) is 5. The summed E-state index contributed by atoms with van der Waals surface area (Å²) in [6.07, 6.45) is 0.796. The second kappa shape index (κ2) is 9.00. The van der Waals surface area contributed by atoms with E-state index in [-0.39, 0.29) is 18.8 Å². The van der Waals surface area contributed by atoms with Crippen LogP contribution in [0.1, 0.15) is 27.2 Å². The van der Waals surface area contributed by atoms with Gasteiger partial charge in [-0.3, -0.25) is 4.57 Å². The number of hydrogen-bond donors (Lipinski definition) is 2. The molecule has 102 valence electrons. The van der Waals surface area contributed by atoms with Gasteiger partial charge < -0.3 is 19.5 Å². The highest BCUT2D eigenvalue weighted by molar-refractivity contribution is 7.81. The summed E-state index contributed by atoms with van der Waals surface area (Å²) in [6.45, 7) is 6.06. The molecule has 0 rings (SSSR count). The van der Waals surface area contributed by atoms with Gasteiger partial charge in [-0.1, -0.05) is 19.1 Å². The Kier molecular flexibility index (Phi) is 9.00. The molecule has 2 N–H and O–H groups in total. The predicted octanol–water partition coefficient (Wildman–Crippen LogP) is 1.94. The monoisotopic (exact) mass is 283 g/mol. The van der Waals surface area contributed by atoms with Crippen LogP contribution < -0.4 is 5.32 Å². The molecule has 0 heterocycles. The van der Waals surface area contributed by atoms with Crippen LogP contribution in [0.15, 0.2) is 0 Å². The minimum absolute atomic E-state index is 0.00971. The molecule has 0 aliphatic carbocycles. The average molecular weight is 283 g/mol. The molecular formula is C10H22NO4PS. The molecule has 0 fully saturated rings. The number of aliphatic hydroxyl groups is 1. The van der Waals surface area contributed by atoms with Crippen LogP contribution in [0.4, 0.5) is 0 Å². The van der Waals surface area contributed by atoms with Crippen LogP contribution in [0.25, 0.3) is 0 Å². The first-order valence-corrected chi connectivity index (χ1v) is 7.93. The largest absolute Gasteiger partial charge is 0.394 e. The van der Waals surface area contributed by atoms with Crippen LogP contribution in [0, 0.1) is 0 Å². The number of aliphatic hydroxyl groups excluding tert-OH is 1. The second-order valence-electron chi connectivity index (χ2n) is 3.46. The van der Waals surface area contributed by atoms with Gasteiger partial charge in [0.1, 0.15) is 6.16 Å². The zero-order chi connectivity index (χ0) is 13.3. The van der Waals surface area contributed by atoms with Gasteiger partial charge in [-0.05, 0) is 20.3 Å². The summed E-state index contributed by atoms with van der Waals surface area (Å²) < 4.78 is 22.4. The third-order valence-electron chi connectivity index (χ3n) is 2.07. The third-order valence-corrected chi connectivity index (χ3v) is 4.55. The Bertz CT molecular complexity index is 261. The molecule has 5 nitrogen and oxygen atoms in total. The molecule has 0 aromatic rings. The normalized spacial score (nSPS) is 13.4. The molecule has 0 radical (unpaired) electrons. The van der Waals surface area contributed by atoms with E-state index in [0.717, 1.165) is 6.42 Å². The Hall–Kier alpha value is 0.0000000000000000139. The van der Waals surface area contributed by atoms with Gasteiger partial charge in [-0.25, -0.2) is 0 Å².